The van der Waals surface area contributed by atoms with Crippen LogP contribution >= 0.6 is 0 Å². The zero-order chi connectivity index (χ0) is 14.5. The molecule has 0 aliphatic carbocycles. The molecule has 0 amide bonds. The van der Waals surface area contributed by atoms with Crippen LogP contribution in [0.4, 0.5) is 4.39 Å². The van der Waals surface area contributed by atoms with Gasteiger partial charge < -0.3 is 5.73 Å². The number of nitrogens with zero attached hydrogens (tertiary/aromatic N) is 1. The lowest BCUT2D eigenvalue weighted by Crippen LogP contribution is -2.24. The Kier molecular flexibility index (Phi) is 5.60. The van der Waals surface area contributed by atoms with Crippen LogP contribution in [0.2, 0.25) is 0 Å². The van der Waals surface area contributed by atoms with Gasteiger partial charge in [-0.05, 0) is 36.8 Å². The first-order valence-electron chi connectivity index (χ1n) is 6.68. The van der Waals surface area contributed by atoms with Crippen molar-refractivity contribution in [3.63, 3.8) is 0 Å². The Morgan fingerprint density at radius 1 is 1.37 bits per heavy atom. The van der Waals surface area contributed by atoms with Gasteiger partial charge in [-0.3, -0.25) is 9.78 Å². The van der Waals surface area contributed by atoms with Crippen LogP contribution in [0.1, 0.15) is 50.4 Å². The average Bonchev–Trinajstić information content (AvgIpc) is 2.32. The summed E-state index contributed by atoms with van der Waals surface area (Å²) in [6.45, 7) is 7.09. The van der Waals surface area contributed by atoms with E-state index >= 15 is 0 Å². The Balaban J connectivity index is 2.62. The molecule has 0 fully saturated rings. The number of carbonyl (C=O) groups excluding carboxylic acids is 1. The van der Waals surface area contributed by atoms with Crippen molar-refractivity contribution in [3.05, 3.63) is 29.8 Å². The molecule has 2 N–H and O–H groups in total. The van der Waals surface area contributed by atoms with Crippen molar-refractivity contribution in [2.24, 2.45) is 17.1 Å². The first kappa shape index (κ1) is 15.8. The fourth-order valence-corrected chi connectivity index (χ4v) is 2.23. The van der Waals surface area contributed by atoms with Gasteiger partial charge in [0.1, 0.15) is 5.82 Å². The maximum absolute atomic E-state index is 13.0. The lowest BCUT2D eigenvalue weighted by atomic mass is 9.76. The summed E-state index contributed by atoms with van der Waals surface area (Å²) in [5.41, 5.74) is 6.09. The van der Waals surface area contributed by atoms with Gasteiger partial charge in [0.2, 0.25) is 0 Å². The summed E-state index contributed by atoms with van der Waals surface area (Å²) in [6, 6.07) is 1.24. The molecule has 0 aliphatic heterocycles. The molecular weight excluding hydrogens is 243 g/mol. The molecular formula is C15H23FN2O. The highest BCUT2D eigenvalue weighted by atomic mass is 19.1. The third-order valence-corrected chi connectivity index (χ3v) is 3.49. The van der Waals surface area contributed by atoms with Crippen LogP contribution in [0.5, 0.6) is 0 Å². The molecule has 0 spiro atoms. The molecule has 0 saturated carbocycles. The molecule has 1 atom stereocenters. The first-order valence-corrected chi connectivity index (χ1v) is 6.68. The minimum atomic E-state index is -0.472. The monoisotopic (exact) mass is 266 g/mol. The van der Waals surface area contributed by atoms with Crippen molar-refractivity contribution in [1.29, 1.82) is 0 Å². The molecule has 0 bridgehead atoms. The lowest BCUT2D eigenvalue weighted by Gasteiger charge is -2.30. The van der Waals surface area contributed by atoms with E-state index in [1.165, 1.54) is 12.3 Å². The molecule has 0 aliphatic rings. The lowest BCUT2D eigenvalue weighted by molar-refractivity contribution is 0.0957. The molecule has 106 valence electrons. The van der Waals surface area contributed by atoms with E-state index in [0.29, 0.717) is 24.4 Å². The Labute approximate surface area is 114 Å². The smallest absolute Gasteiger partial charge is 0.164 e. The molecule has 1 rings (SSSR count). The second-order valence-corrected chi connectivity index (χ2v) is 5.99. The highest BCUT2D eigenvalue weighted by Crippen LogP contribution is 2.32. The number of nitrogens with two attached hydrogens (primary N) is 1. The maximum Gasteiger partial charge on any atom is 0.164 e. The van der Waals surface area contributed by atoms with Crippen molar-refractivity contribution in [1.82, 2.24) is 4.98 Å². The summed E-state index contributed by atoms with van der Waals surface area (Å²) in [6.07, 6.45) is 4.60. The van der Waals surface area contributed by atoms with E-state index in [0.717, 1.165) is 19.0 Å². The molecule has 0 aromatic carbocycles. The normalized spacial score (nSPS) is 13.3. The summed E-state index contributed by atoms with van der Waals surface area (Å²) >= 11 is 0. The quantitative estimate of drug-likeness (QED) is 0.804. The molecule has 0 radical (unpaired) electrons. The number of halogens is 1. The second-order valence-electron chi connectivity index (χ2n) is 5.99. The molecule has 1 aromatic heterocycles. The van der Waals surface area contributed by atoms with E-state index in [4.69, 9.17) is 5.73 Å². The molecule has 19 heavy (non-hydrogen) atoms. The summed E-state index contributed by atoms with van der Waals surface area (Å²) < 4.78 is 13.0. The topological polar surface area (TPSA) is 56.0 Å². The van der Waals surface area contributed by atoms with Gasteiger partial charge in [0.25, 0.3) is 0 Å². The molecule has 0 saturated heterocycles. The van der Waals surface area contributed by atoms with Gasteiger partial charge >= 0.3 is 0 Å². The van der Waals surface area contributed by atoms with Crippen molar-refractivity contribution >= 4 is 5.78 Å². The number of rotatable bonds is 6. The van der Waals surface area contributed by atoms with E-state index in [-0.39, 0.29) is 11.2 Å². The predicted molar refractivity (Wildman–Crippen MR) is 74.4 cm³/mol. The molecule has 1 unspecified atom stereocenters. The second kappa shape index (κ2) is 6.75. The van der Waals surface area contributed by atoms with Crippen LogP contribution < -0.4 is 5.73 Å². The largest absolute Gasteiger partial charge is 0.330 e. The van der Waals surface area contributed by atoms with E-state index < -0.39 is 5.82 Å². The van der Waals surface area contributed by atoms with Gasteiger partial charge in [-0.15, -0.1) is 0 Å². The van der Waals surface area contributed by atoms with E-state index in [2.05, 4.69) is 25.8 Å². The van der Waals surface area contributed by atoms with Crippen molar-refractivity contribution in [2.45, 2.75) is 40.0 Å². The summed E-state index contributed by atoms with van der Waals surface area (Å²) in [7, 11) is 0. The Hall–Kier alpha value is -1.29. The van der Waals surface area contributed by atoms with Crippen molar-refractivity contribution in [3.8, 4) is 0 Å². The van der Waals surface area contributed by atoms with Gasteiger partial charge in [-0.2, -0.15) is 0 Å². The number of aromatic nitrogens is 1. The first-order chi connectivity index (χ1) is 8.84. The van der Waals surface area contributed by atoms with E-state index in [1.807, 2.05) is 0 Å². The number of carbonyl (C=O) groups is 1. The highest BCUT2D eigenvalue weighted by Gasteiger charge is 2.24. The summed E-state index contributed by atoms with van der Waals surface area (Å²) in [5.74, 6) is -0.138. The standard InChI is InChI=1S/C15H23FN2O/c1-15(2,3)12(6-7-17)4-5-14(19)11-8-13(16)10-18-9-11/h8-10,12H,4-7,17H2,1-3H3. The summed E-state index contributed by atoms with van der Waals surface area (Å²) in [4.78, 5) is 15.7. The number of hydrogen-bond donors (Lipinski definition) is 1. The van der Waals surface area contributed by atoms with Gasteiger partial charge in [0.05, 0.1) is 6.20 Å². The number of ketones is 1. The van der Waals surface area contributed by atoms with Crippen LogP contribution in [0.15, 0.2) is 18.5 Å². The zero-order valence-electron chi connectivity index (χ0n) is 11.9. The molecule has 4 heteroatoms. The minimum Gasteiger partial charge on any atom is -0.330 e. The third-order valence-electron chi connectivity index (χ3n) is 3.49. The van der Waals surface area contributed by atoms with E-state index in [1.54, 1.807) is 0 Å². The van der Waals surface area contributed by atoms with Crippen LogP contribution in [0, 0.1) is 17.2 Å². The maximum atomic E-state index is 13.0. The zero-order valence-corrected chi connectivity index (χ0v) is 11.9. The van der Waals surface area contributed by atoms with Gasteiger partial charge in [-0.1, -0.05) is 20.8 Å². The molecule has 3 nitrogen and oxygen atoms in total. The van der Waals surface area contributed by atoms with Crippen molar-refractivity contribution in [2.75, 3.05) is 6.54 Å². The summed E-state index contributed by atoms with van der Waals surface area (Å²) in [5, 5.41) is 0. The number of Topliss-reactive ketones (excluding diaryl/α,β-unsaturated/α-hetero) is 1. The number of pyridine rings is 1. The Morgan fingerprint density at radius 3 is 2.58 bits per heavy atom. The minimum absolute atomic E-state index is 0.0572. The van der Waals surface area contributed by atoms with E-state index in [9.17, 15) is 9.18 Å². The van der Waals surface area contributed by atoms with Crippen LogP contribution in [0.3, 0.4) is 0 Å². The predicted octanol–water partition coefficient (Wildman–Crippen LogP) is 3.19. The molecule has 1 aromatic rings. The fraction of sp³-hybridized carbons (Fsp3) is 0.600. The molecule has 1 heterocycles. The Morgan fingerprint density at radius 2 is 2.05 bits per heavy atom. The van der Waals surface area contributed by atoms with Gasteiger partial charge in [0.15, 0.2) is 5.78 Å². The van der Waals surface area contributed by atoms with Gasteiger partial charge in [-0.25, -0.2) is 4.39 Å². The van der Waals surface area contributed by atoms with Crippen LogP contribution in [0.25, 0.3) is 0 Å². The van der Waals surface area contributed by atoms with Crippen LogP contribution in [-0.2, 0) is 0 Å². The van der Waals surface area contributed by atoms with Gasteiger partial charge in [0, 0.05) is 18.2 Å². The fourth-order valence-electron chi connectivity index (χ4n) is 2.23. The SMILES string of the molecule is CC(C)(C)C(CCN)CCC(=O)c1cncc(F)c1. The van der Waals surface area contributed by atoms with Crippen LogP contribution in [-0.4, -0.2) is 17.3 Å². The third kappa shape index (κ3) is 5.07. The van der Waals surface area contributed by atoms with Crippen molar-refractivity contribution < 1.29 is 9.18 Å². The average molecular weight is 266 g/mol. The highest BCUT2D eigenvalue weighted by molar-refractivity contribution is 5.95. The Bertz CT molecular complexity index is 426. The number of hydrogen-bond acceptors (Lipinski definition) is 3.